The van der Waals surface area contributed by atoms with Gasteiger partial charge in [-0.25, -0.2) is 9.78 Å². The zero-order chi connectivity index (χ0) is 18.7. The molecule has 0 radical (unpaired) electrons. The second-order valence-corrected chi connectivity index (χ2v) is 5.81. The first-order valence-electron chi connectivity index (χ1n) is 8.58. The minimum Gasteiger partial charge on any atom is -0.497 e. The molecular formula is C19H22N4O3. The van der Waals surface area contributed by atoms with Crippen molar-refractivity contribution in [3.05, 3.63) is 41.7 Å². The highest BCUT2D eigenvalue weighted by Crippen LogP contribution is 2.31. The van der Waals surface area contributed by atoms with Crippen molar-refractivity contribution in [3.63, 3.8) is 0 Å². The van der Waals surface area contributed by atoms with Crippen LogP contribution in [0, 0.1) is 0 Å². The van der Waals surface area contributed by atoms with E-state index in [0.29, 0.717) is 5.65 Å². The number of carbonyl (C=O) groups excluding carboxylic acids is 1. The summed E-state index contributed by atoms with van der Waals surface area (Å²) < 4.78 is 11.8. The minimum atomic E-state index is -0.502. The number of nitrogens with zero attached hydrogens (tertiary/aromatic N) is 3. The minimum absolute atomic E-state index is 0.214. The average molecular weight is 354 g/mol. The van der Waals surface area contributed by atoms with Crippen LogP contribution in [0.4, 0.5) is 5.82 Å². The SMILES string of the molecule is CCCc1nn2c(N)c(C(=O)OCC)cnc2c1-c1ccc(OC)cc1. The van der Waals surface area contributed by atoms with Crippen molar-refractivity contribution in [1.82, 2.24) is 14.6 Å². The van der Waals surface area contributed by atoms with Gasteiger partial charge in [0.2, 0.25) is 0 Å². The number of fused-ring (bicyclic) bond motifs is 1. The van der Waals surface area contributed by atoms with Gasteiger partial charge in [0.1, 0.15) is 17.1 Å². The van der Waals surface area contributed by atoms with Crippen LogP contribution in [0.2, 0.25) is 0 Å². The van der Waals surface area contributed by atoms with Crippen LogP contribution >= 0.6 is 0 Å². The Kier molecular flexibility index (Phi) is 5.06. The van der Waals surface area contributed by atoms with Gasteiger partial charge in [0.05, 0.1) is 19.4 Å². The number of carbonyl (C=O) groups is 1. The van der Waals surface area contributed by atoms with E-state index < -0.39 is 5.97 Å². The summed E-state index contributed by atoms with van der Waals surface area (Å²) in [7, 11) is 1.63. The summed E-state index contributed by atoms with van der Waals surface area (Å²) in [5, 5.41) is 4.61. The van der Waals surface area contributed by atoms with Crippen LogP contribution < -0.4 is 10.5 Å². The molecule has 0 saturated heterocycles. The molecular weight excluding hydrogens is 332 g/mol. The van der Waals surface area contributed by atoms with Gasteiger partial charge in [-0.2, -0.15) is 9.61 Å². The Morgan fingerprint density at radius 1 is 1.23 bits per heavy atom. The molecule has 0 saturated carbocycles. The van der Waals surface area contributed by atoms with Crippen molar-refractivity contribution >= 4 is 17.4 Å². The van der Waals surface area contributed by atoms with Crippen LogP contribution in [0.3, 0.4) is 0 Å². The van der Waals surface area contributed by atoms with E-state index >= 15 is 0 Å². The molecule has 0 aliphatic rings. The van der Waals surface area contributed by atoms with Gasteiger partial charge in [0, 0.05) is 11.8 Å². The summed E-state index contributed by atoms with van der Waals surface area (Å²) in [5.41, 5.74) is 9.79. The fourth-order valence-electron chi connectivity index (χ4n) is 2.88. The van der Waals surface area contributed by atoms with Crippen molar-refractivity contribution in [1.29, 1.82) is 0 Å². The second kappa shape index (κ2) is 7.43. The number of methoxy groups -OCH3 is 1. The molecule has 3 rings (SSSR count). The van der Waals surface area contributed by atoms with Crippen molar-refractivity contribution in [2.45, 2.75) is 26.7 Å². The fraction of sp³-hybridized carbons (Fsp3) is 0.316. The van der Waals surface area contributed by atoms with E-state index in [1.165, 1.54) is 10.7 Å². The van der Waals surface area contributed by atoms with Crippen LogP contribution in [0.1, 0.15) is 36.3 Å². The van der Waals surface area contributed by atoms with Gasteiger partial charge in [0.15, 0.2) is 5.65 Å². The summed E-state index contributed by atoms with van der Waals surface area (Å²) in [6.07, 6.45) is 3.16. The Morgan fingerprint density at radius 2 is 1.96 bits per heavy atom. The second-order valence-electron chi connectivity index (χ2n) is 5.81. The predicted octanol–water partition coefficient (Wildman–Crippen LogP) is 3.12. The van der Waals surface area contributed by atoms with Crippen LogP contribution in [-0.2, 0) is 11.2 Å². The third-order valence-corrected chi connectivity index (χ3v) is 4.11. The summed E-state index contributed by atoms with van der Waals surface area (Å²) in [5.74, 6) is 0.503. The highest BCUT2D eigenvalue weighted by Gasteiger charge is 2.21. The molecule has 26 heavy (non-hydrogen) atoms. The molecule has 7 heteroatoms. The molecule has 7 nitrogen and oxygen atoms in total. The lowest BCUT2D eigenvalue weighted by Gasteiger charge is -2.07. The van der Waals surface area contributed by atoms with Gasteiger partial charge in [-0.1, -0.05) is 25.5 Å². The maximum atomic E-state index is 12.1. The number of aromatic nitrogens is 3. The van der Waals surface area contributed by atoms with E-state index in [0.717, 1.165) is 35.4 Å². The van der Waals surface area contributed by atoms with Crippen LogP contribution in [-0.4, -0.2) is 34.3 Å². The topological polar surface area (TPSA) is 91.7 Å². The summed E-state index contributed by atoms with van der Waals surface area (Å²) in [4.78, 5) is 16.5. The number of hydrogen-bond acceptors (Lipinski definition) is 6. The molecule has 0 amide bonds. The Bertz CT molecular complexity index is 932. The predicted molar refractivity (Wildman–Crippen MR) is 99.3 cm³/mol. The Hall–Kier alpha value is -3.09. The van der Waals surface area contributed by atoms with Crippen LogP contribution in [0.15, 0.2) is 30.5 Å². The molecule has 3 aromatic rings. The zero-order valence-corrected chi connectivity index (χ0v) is 15.2. The molecule has 136 valence electrons. The van der Waals surface area contributed by atoms with Gasteiger partial charge < -0.3 is 15.2 Å². The molecule has 2 aromatic heterocycles. The number of rotatable bonds is 6. The molecule has 2 N–H and O–H groups in total. The van der Waals surface area contributed by atoms with E-state index in [-0.39, 0.29) is 18.0 Å². The molecule has 0 aliphatic heterocycles. The van der Waals surface area contributed by atoms with Gasteiger partial charge in [-0.05, 0) is 31.0 Å². The summed E-state index contributed by atoms with van der Waals surface area (Å²) >= 11 is 0. The molecule has 0 spiro atoms. The van der Waals surface area contributed by atoms with E-state index in [4.69, 9.17) is 15.2 Å². The van der Waals surface area contributed by atoms with Crippen molar-refractivity contribution < 1.29 is 14.3 Å². The lowest BCUT2D eigenvalue weighted by Crippen LogP contribution is -2.12. The monoisotopic (exact) mass is 354 g/mol. The summed E-state index contributed by atoms with van der Waals surface area (Å²) in [6, 6.07) is 7.72. The third kappa shape index (κ3) is 3.08. The first-order chi connectivity index (χ1) is 12.6. The maximum absolute atomic E-state index is 12.1. The number of esters is 1. The van der Waals surface area contributed by atoms with Gasteiger partial charge in [-0.15, -0.1) is 0 Å². The van der Waals surface area contributed by atoms with E-state index in [2.05, 4.69) is 17.0 Å². The largest absolute Gasteiger partial charge is 0.497 e. The number of ether oxygens (including phenoxy) is 2. The quantitative estimate of drug-likeness (QED) is 0.684. The molecule has 0 aliphatic carbocycles. The normalized spacial score (nSPS) is 10.9. The van der Waals surface area contributed by atoms with E-state index in [9.17, 15) is 4.79 Å². The number of nitrogens with two attached hydrogens (primary N) is 1. The first-order valence-corrected chi connectivity index (χ1v) is 8.58. The van der Waals surface area contributed by atoms with Gasteiger partial charge in [-0.3, -0.25) is 0 Å². The molecule has 0 unspecified atom stereocenters. The first kappa shape index (κ1) is 17.7. The maximum Gasteiger partial charge on any atom is 0.343 e. The standard InChI is InChI=1S/C19H22N4O3/c1-4-6-15-16(12-7-9-13(25-3)10-8-12)18-21-11-14(19(24)26-5-2)17(20)23(18)22-15/h7-11H,4-6,20H2,1-3H3. The molecule has 0 bridgehead atoms. The Balaban J connectivity index is 2.19. The lowest BCUT2D eigenvalue weighted by atomic mass is 10.0. The average Bonchev–Trinajstić information content (AvgIpc) is 3.01. The fourth-order valence-corrected chi connectivity index (χ4v) is 2.88. The van der Waals surface area contributed by atoms with Crippen LogP contribution in [0.25, 0.3) is 16.8 Å². The molecule has 0 fully saturated rings. The zero-order valence-electron chi connectivity index (χ0n) is 15.2. The smallest absolute Gasteiger partial charge is 0.343 e. The number of aryl methyl sites for hydroxylation is 1. The van der Waals surface area contributed by atoms with Gasteiger partial charge in [0.25, 0.3) is 0 Å². The number of nitrogen functional groups attached to an aromatic ring is 1. The highest BCUT2D eigenvalue weighted by molar-refractivity contribution is 5.95. The number of hydrogen-bond donors (Lipinski definition) is 1. The van der Waals surface area contributed by atoms with Crippen molar-refractivity contribution in [3.8, 4) is 16.9 Å². The highest BCUT2D eigenvalue weighted by atomic mass is 16.5. The molecule has 2 heterocycles. The van der Waals surface area contributed by atoms with Crippen molar-refractivity contribution in [2.75, 3.05) is 19.5 Å². The Labute approximate surface area is 151 Å². The molecule has 0 atom stereocenters. The number of benzene rings is 1. The van der Waals surface area contributed by atoms with Crippen molar-refractivity contribution in [2.24, 2.45) is 0 Å². The van der Waals surface area contributed by atoms with Gasteiger partial charge >= 0.3 is 5.97 Å². The third-order valence-electron chi connectivity index (χ3n) is 4.11. The lowest BCUT2D eigenvalue weighted by molar-refractivity contribution is 0.0526. The summed E-state index contributed by atoms with van der Waals surface area (Å²) in [6.45, 7) is 4.10. The van der Waals surface area contributed by atoms with Crippen LogP contribution in [0.5, 0.6) is 5.75 Å². The molecule has 1 aromatic carbocycles. The van der Waals surface area contributed by atoms with E-state index in [1.807, 2.05) is 24.3 Å². The number of anilines is 1. The van der Waals surface area contributed by atoms with E-state index in [1.54, 1.807) is 14.0 Å². The Morgan fingerprint density at radius 3 is 2.58 bits per heavy atom.